The summed E-state index contributed by atoms with van der Waals surface area (Å²) in [7, 11) is 0. The Hall–Kier alpha value is -2.21. The number of hydrogen-bond donors (Lipinski definition) is 2. The van der Waals surface area contributed by atoms with Crippen molar-refractivity contribution in [1.82, 2.24) is 15.6 Å². The molecule has 0 saturated carbocycles. The Bertz CT molecular complexity index is 689. The van der Waals surface area contributed by atoms with Gasteiger partial charge in [-0.25, -0.2) is 18.8 Å². The molecular formula is C17H19ClF2N4. The van der Waals surface area contributed by atoms with Gasteiger partial charge in [0, 0.05) is 24.8 Å². The fourth-order valence-electron chi connectivity index (χ4n) is 2.05. The molecule has 1 aromatic heterocycles. The molecule has 0 aliphatic heterocycles. The van der Waals surface area contributed by atoms with Crippen LogP contribution < -0.4 is 10.6 Å². The Morgan fingerprint density at radius 1 is 1.21 bits per heavy atom. The van der Waals surface area contributed by atoms with Crippen molar-refractivity contribution in [1.29, 1.82) is 0 Å². The number of pyridine rings is 1. The molecule has 2 rings (SSSR count). The number of aromatic nitrogens is 1. The second kappa shape index (κ2) is 9.17. The fourth-order valence-corrected chi connectivity index (χ4v) is 2.16. The zero-order valence-electron chi connectivity index (χ0n) is 13.3. The van der Waals surface area contributed by atoms with Gasteiger partial charge >= 0.3 is 0 Å². The van der Waals surface area contributed by atoms with Crippen molar-refractivity contribution in [2.75, 3.05) is 13.1 Å². The van der Waals surface area contributed by atoms with Gasteiger partial charge in [-0.2, -0.15) is 0 Å². The number of rotatable bonds is 6. The molecule has 0 spiro atoms. The molecule has 2 N–H and O–H groups in total. The zero-order valence-corrected chi connectivity index (χ0v) is 14.1. The minimum Gasteiger partial charge on any atom is -0.357 e. The summed E-state index contributed by atoms with van der Waals surface area (Å²) in [6, 6.07) is 6.99. The molecule has 0 amide bonds. The summed E-state index contributed by atoms with van der Waals surface area (Å²) in [5, 5.41) is 6.68. The molecule has 0 atom stereocenters. The van der Waals surface area contributed by atoms with Crippen molar-refractivity contribution in [3.05, 3.63) is 64.4 Å². The van der Waals surface area contributed by atoms with Crippen LogP contribution in [0.4, 0.5) is 8.78 Å². The monoisotopic (exact) mass is 352 g/mol. The molecule has 1 aromatic carbocycles. The SMILES string of the molecule is CCNC(=NCc1cc(F)ccc1F)NCCc1ccc(Cl)nc1. The molecule has 0 saturated heterocycles. The third kappa shape index (κ3) is 5.77. The van der Waals surface area contributed by atoms with Gasteiger partial charge in [0.25, 0.3) is 0 Å². The highest BCUT2D eigenvalue weighted by molar-refractivity contribution is 6.29. The Morgan fingerprint density at radius 3 is 2.75 bits per heavy atom. The first-order valence-corrected chi connectivity index (χ1v) is 8.03. The lowest BCUT2D eigenvalue weighted by molar-refractivity contribution is 0.585. The van der Waals surface area contributed by atoms with Crippen molar-refractivity contribution in [2.24, 2.45) is 4.99 Å². The Balaban J connectivity index is 1.92. The van der Waals surface area contributed by atoms with Gasteiger partial charge in [-0.1, -0.05) is 17.7 Å². The first-order chi connectivity index (χ1) is 11.6. The van der Waals surface area contributed by atoms with Gasteiger partial charge in [0.15, 0.2) is 5.96 Å². The van der Waals surface area contributed by atoms with Crippen LogP contribution >= 0.6 is 11.6 Å². The highest BCUT2D eigenvalue weighted by Gasteiger charge is 2.04. The van der Waals surface area contributed by atoms with Crippen molar-refractivity contribution < 1.29 is 8.78 Å². The Kier molecular flexibility index (Phi) is 6.93. The highest BCUT2D eigenvalue weighted by atomic mass is 35.5. The minimum absolute atomic E-state index is 0.0570. The van der Waals surface area contributed by atoms with Gasteiger partial charge in [-0.3, -0.25) is 0 Å². The van der Waals surface area contributed by atoms with Gasteiger partial charge in [0.1, 0.15) is 16.8 Å². The third-order valence-corrected chi connectivity index (χ3v) is 3.48. The quantitative estimate of drug-likeness (QED) is 0.476. The van der Waals surface area contributed by atoms with Crippen LogP contribution in [0.2, 0.25) is 5.15 Å². The summed E-state index contributed by atoms with van der Waals surface area (Å²) < 4.78 is 26.8. The second-order valence-corrected chi connectivity index (χ2v) is 5.48. The van der Waals surface area contributed by atoms with Gasteiger partial charge in [0.05, 0.1) is 6.54 Å². The molecule has 24 heavy (non-hydrogen) atoms. The van der Waals surface area contributed by atoms with Crippen LogP contribution in [0.3, 0.4) is 0 Å². The lowest BCUT2D eigenvalue weighted by Gasteiger charge is -2.11. The molecule has 128 valence electrons. The molecule has 7 heteroatoms. The summed E-state index contributed by atoms with van der Waals surface area (Å²) in [5.41, 5.74) is 1.26. The Morgan fingerprint density at radius 2 is 2.04 bits per heavy atom. The summed E-state index contributed by atoms with van der Waals surface area (Å²) in [4.78, 5) is 8.30. The second-order valence-electron chi connectivity index (χ2n) is 5.10. The molecule has 2 aromatic rings. The van der Waals surface area contributed by atoms with Crippen LogP contribution in [-0.4, -0.2) is 24.0 Å². The van der Waals surface area contributed by atoms with E-state index in [2.05, 4.69) is 20.6 Å². The number of hydrogen-bond acceptors (Lipinski definition) is 2. The molecule has 0 unspecified atom stereocenters. The van der Waals surface area contributed by atoms with Gasteiger partial charge in [0.2, 0.25) is 0 Å². The van der Waals surface area contributed by atoms with Gasteiger partial charge in [-0.05, 0) is 43.2 Å². The topological polar surface area (TPSA) is 49.3 Å². The summed E-state index contributed by atoms with van der Waals surface area (Å²) in [6.07, 6.45) is 2.46. The van der Waals surface area contributed by atoms with E-state index in [0.717, 1.165) is 30.2 Å². The van der Waals surface area contributed by atoms with E-state index in [1.807, 2.05) is 13.0 Å². The smallest absolute Gasteiger partial charge is 0.191 e. The van der Waals surface area contributed by atoms with Gasteiger partial charge < -0.3 is 10.6 Å². The number of aliphatic imine (C=N–C) groups is 1. The van der Waals surface area contributed by atoms with Crippen LogP contribution in [0, 0.1) is 11.6 Å². The maximum Gasteiger partial charge on any atom is 0.191 e. The number of halogens is 3. The van der Waals surface area contributed by atoms with Gasteiger partial charge in [-0.15, -0.1) is 0 Å². The van der Waals surface area contributed by atoms with Crippen LogP contribution in [0.1, 0.15) is 18.1 Å². The maximum absolute atomic E-state index is 13.6. The van der Waals surface area contributed by atoms with E-state index in [1.165, 1.54) is 0 Å². The number of nitrogens with zero attached hydrogens (tertiary/aromatic N) is 2. The summed E-state index contributed by atoms with van der Waals surface area (Å²) in [6.45, 7) is 3.28. The molecular weight excluding hydrogens is 334 g/mol. The van der Waals surface area contributed by atoms with Crippen LogP contribution in [0.25, 0.3) is 0 Å². The van der Waals surface area contributed by atoms with Crippen LogP contribution in [0.5, 0.6) is 0 Å². The highest BCUT2D eigenvalue weighted by Crippen LogP contribution is 2.10. The molecule has 0 aliphatic rings. The first-order valence-electron chi connectivity index (χ1n) is 7.65. The predicted octanol–water partition coefficient (Wildman–Crippen LogP) is 3.31. The molecule has 4 nitrogen and oxygen atoms in total. The summed E-state index contributed by atoms with van der Waals surface area (Å²) >= 11 is 5.75. The average molecular weight is 353 g/mol. The lowest BCUT2D eigenvalue weighted by Crippen LogP contribution is -2.38. The largest absolute Gasteiger partial charge is 0.357 e. The number of benzene rings is 1. The average Bonchev–Trinajstić information content (AvgIpc) is 2.57. The standard InChI is InChI=1S/C17H19ClF2N4/c1-2-21-17(22-8-7-12-3-6-16(18)23-10-12)24-11-13-9-14(19)4-5-15(13)20/h3-6,9-10H,2,7-8,11H2,1H3,(H2,21,22,24). The van der Waals surface area contributed by atoms with E-state index in [4.69, 9.17) is 11.6 Å². The molecule has 1 heterocycles. The summed E-state index contributed by atoms with van der Waals surface area (Å²) in [5.74, 6) is -0.402. The van der Waals surface area contributed by atoms with E-state index < -0.39 is 11.6 Å². The minimum atomic E-state index is -0.477. The van der Waals surface area contributed by atoms with Crippen molar-refractivity contribution in [3.63, 3.8) is 0 Å². The third-order valence-electron chi connectivity index (χ3n) is 3.25. The molecule has 0 radical (unpaired) electrons. The van der Waals surface area contributed by atoms with Crippen molar-refractivity contribution >= 4 is 17.6 Å². The van der Waals surface area contributed by atoms with E-state index >= 15 is 0 Å². The zero-order chi connectivity index (χ0) is 17.4. The lowest BCUT2D eigenvalue weighted by atomic mass is 10.2. The van der Waals surface area contributed by atoms with Crippen molar-refractivity contribution in [3.8, 4) is 0 Å². The Labute approximate surface area is 145 Å². The number of nitrogens with one attached hydrogen (secondary N) is 2. The number of guanidine groups is 1. The van der Waals surface area contributed by atoms with Crippen LogP contribution in [-0.2, 0) is 13.0 Å². The van der Waals surface area contributed by atoms with Crippen molar-refractivity contribution in [2.45, 2.75) is 19.9 Å². The van der Waals surface area contributed by atoms with E-state index in [0.29, 0.717) is 24.2 Å². The van der Waals surface area contributed by atoms with Crippen LogP contribution in [0.15, 0.2) is 41.5 Å². The fraction of sp³-hybridized carbons (Fsp3) is 0.294. The van der Waals surface area contributed by atoms with E-state index in [1.54, 1.807) is 12.3 Å². The van der Waals surface area contributed by atoms with E-state index in [-0.39, 0.29) is 12.1 Å². The molecule has 0 bridgehead atoms. The van der Waals surface area contributed by atoms with E-state index in [9.17, 15) is 8.78 Å². The molecule has 0 aliphatic carbocycles. The first kappa shape index (κ1) is 18.1. The predicted molar refractivity (Wildman–Crippen MR) is 92.1 cm³/mol. The maximum atomic E-state index is 13.6. The molecule has 0 fully saturated rings. The normalized spacial score (nSPS) is 11.4.